The highest BCUT2D eigenvalue weighted by Crippen LogP contribution is 2.30. The predicted octanol–water partition coefficient (Wildman–Crippen LogP) is -0.0460. The van der Waals surface area contributed by atoms with Crippen molar-refractivity contribution in [2.45, 2.75) is 17.4 Å². The molecule has 1 aromatic rings. The summed E-state index contributed by atoms with van der Waals surface area (Å²) in [5.41, 5.74) is -0.250. The molecule has 0 saturated carbocycles. The fourth-order valence-electron chi connectivity index (χ4n) is 2.22. The highest BCUT2D eigenvalue weighted by molar-refractivity contribution is 7.91. The summed E-state index contributed by atoms with van der Waals surface area (Å²) in [5.74, 6) is -2.71. The third kappa shape index (κ3) is 3.63. The van der Waals surface area contributed by atoms with Crippen LogP contribution in [0.15, 0.2) is 18.2 Å². The fraction of sp³-hybridized carbons (Fsp3) is 0.273. The Morgan fingerprint density at radius 1 is 0.826 bits per heavy atom. The van der Waals surface area contributed by atoms with Crippen molar-refractivity contribution in [3.05, 3.63) is 34.9 Å². The molecular weight excluding hydrogens is 352 g/mol. The molecule has 130 valence electrons. The molecule has 2 unspecified atom stereocenters. The summed E-state index contributed by atoms with van der Waals surface area (Å²) in [7, 11) is -11.0. The molecule has 0 radical (unpaired) electrons. The summed E-state index contributed by atoms with van der Waals surface area (Å²) in [6.07, 6.45) is 0. The first-order chi connectivity index (χ1) is 9.44. The molecule has 23 heavy (non-hydrogen) atoms. The molecule has 0 aromatic heterocycles. The zero-order chi connectivity index (χ0) is 16.2. The SMILES string of the molecule is Cc1ccc2c(c1)C(=O)C(S(=O)(=O)[O-])C(S(=O)(=O)[O-])C2=O.[NH4+].[NH4+]. The first-order valence-corrected chi connectivity index (χ1v) is 8.47. The van der Waals surface area contributed by atoms with Gasteiger partial charge in [0.1, 0.15) is 30.7 Å². The summed E-state index contributed by atoms with van der Waals surface area (Å²) >= 11 is 0. The monoisotopic (exact) mass is 368 g/mol. The molecule has 0 spiro atoms. The number of carbonyl (C=O) groups excluding carboxylic acids is 2. The summed E-state index contributed by atoms with van der Waals surface area (Å²) < 4.78 is 66.9. The van der Waals surface area contributed by atoms with Gasteiger partial charge < -0.3 is 21.4 Å². The van der Waals surface area contributed by atoms with E-state index in [4.69, 9.17) is 0 Å². The summed E-state index contributed by atoms with van der Waals surface area (Å²) in [4.78, 5) is 24.1. The highest BCUT2D eigenvalue weighted by atomic mass is 32.2. The van der Waals surface area contributed by atoms with Crippen LogP contribution in [0.4, 0.5) is 0 Å². The molecular formula is C11H16N2O8S2. The van der Waals surface area contributed by atoms with E-state index in [0.29, 0.717) is 5.56 Å². The molecule has 2 atom stereocenters. The molecule has 12 heteroatoms. The highest BCUT2D eigenvalue weighted by Gasteiger charge is 2.48. The fourth-order valence-corrected chi connectivity index (χ4v) is 4.67. The summed E-state index contributed by atoms with van der Waals surface area (Å²) in [5, 5.41) is -5.50. The van der Waals surface area contributed by atoms with Gasteiger partial charge in [-0.15, -0.1) is 0 Å². The Hall–Kier alpha value is -1.70. The minimum absolute atomic E-state index is 0. The van der Waals surface area contributed by atoms with Gasteiger partial charge in [-0.2, -0.15) is 0 Å². The maximum atomic E-state index is 12.1. The van der Waals surface area contributed by atoms with Gasteiger partial charge >= 0.3 is 0 Å². The van der Waals surface area contributed by atoms with Gasteiger partial charge in [-0.05, 0) is 13.0 Å². The zero-order valence-electron chi connectivity index (χ0n) is 12.5. The number of hydrogen-bond donors (Lipinski definition) is 2. The Morgan fingerprint density at radius 3 is 1.61 bits per heavy atom. The third-order valence-electron chi connectivity index (χ3n) is 3.12. The second-order valence-corrected chi connectivity index (χ2v) is 7.59. The average molecular weight is 368 g/mol. The molecule has 0 amide bonds. The van der Waals surface area contributed by atoms with Crippen LogP contribution in [0, 0.1) is 6.92 Å². The molecule has 0 fully saturated rings. The lowest BCUT2D eigenvalue weighted by Gasteiger charge is -2.33. The molecule has 2 rings (SSSR count). The van der Waals surface area contributed by atoms with Gasteiger partial charge in [0.25, 0.3) is 0 Å². The van der Waals surface area contributed by atoms with Crippen molar-refractivity contribution in [3.63, 3.8) is 0 Å². The van der Waals surface area contributed by atoms with Gasteiger partial charge in [-0.1, -0.05) is 17.7 Å². The topological polar surface area (TPSA) is 222 Å². The Balaban J connectivity index is 0.00000242. The number of benzene rings is 1. The first kappa shape index (κ1) is 21.3. The molecule has 10 nitrogen and oxygen atoms in total. The Bertz CT molecular complexity index is 860. The van der Waals surface area contributed by atoms with Crippen LogP contribution in [-0.2, 0) is 20.2 Å². The van der Waals surface area contributed by atoms with E-state index in [1.54, 1.807) is 6.92 Å². The van der Waals surface area contributed by atoms with Gasteiger partial charge in [-0.25, -0.2) is 16.8 Å². The van der Waals surface area contributed by atoms with E-state index in [0.717, 1.165) is 6.07 Å². The Morgan fingerprint density at radius 2 is 1.22 bits per heavy atom. The van der Waals surface area contributed by atoms with Crippen LogP contribution in [0.1, 0.15) is 26.3 Å². The van der Waals surface area contributed by atoms with Crippen molar-refractivity contribution in [1.29, 1.82) is 0 Å². The van der Waals surface area contributed by atoms with Crippen molar-refractivity contribution >= 4 is 31.8 Å². The maximum absolute atomic E-state index is 12.1. The molecule has 8 N–H and O–H groups in total. The molecule has 0 saturated heterocycles. The van der Waals surface area contributed by atoms with E-state index in [9.17, 15) is 35.5 Å². The van der Waals surface area contributed by atoms with Crippen molar-refractivity contribution in [3.8, 4) is 0 Å². The van der Waals surface area contributed by atoms with Gasteiger partial charge in [-0.3, -0.25) is 9.59 Å². The molecule has 1 aliphatic carbocycles. The van der Waals surface area contributed by atoms with Crippen molar-refractivity contribution < 1.29 is 35.5 Å². The molecule has 0 bridgehead atoms. The minimum atomic E-state index is -5.50. The van der Waals surface area contributed by atoms with E-state index in [-0.39, 0.29) is 23.4 Å². The largest absolute Gasteiger partial charge is 0.747 e. The average Bonchev–Trinajstić information content (AvgIpc) is 2.30. The third-order valence-corrected chi connectivity index (χ3v) is 5.51. The van der Waals surface area contributed by atoms with Crippen molar-refractivity contribution in [2.24, 2.45) is 0 Å². The van der Waals surface area contributed by atoms with Crippen LogP contribution < -0.4 is 12.3 Å². The van der Waals surface area contributed by atoms with Crippen LogP contribution in [0.2, 0.25) is 0 Å². The number of quaternary nitrogens is 2. The Labute approximate surface area is 132 Å². The van der Waals surface area contributed by atoms with Crippen LogP contribution >= 0.6 is 0 Å². The van der Waals surface area contributed by atoms with Gasteiger partial charge in [0.2, 0.25) is 0 Å². The van der Waals surface area contributed by atoms with E-state index < -0.39 is 42.3 Å². The normalized spacial score (nSPS) is 21.0. The number of Topliss-reactive ketones (excluding diaryl/α,β-unsaturated/α-hetero) is 2. The number of ketones is 2. The molecule has 1 aromatic carbocycles. The molecule has 0 aliphatic heterocycles. The number of fused-ring (bicyclic) bond motifs is 1. The lowest BCUT2D eigenvalue weighted by Crippen LogP contribution is -2.53. The zero-order valence-corrected chi connectivity index (χ0v) is 14.1. The summed E-state index contributed by atoms with van der Waals surface area (Å²) in [6, 6.07) is 3.68. The van der Waals surface area contributed by atoms with Gasteiger partial charge in [0.05, 0.1) is 0 Å². The van der Waals surface area contributed by atoms with E-state index in [2.05, 4.69) is 0 Å². The standard InChI is InChI=1S/C11H10O8S2.2H3N/c1-5-2-3-6-7(4-5)9(13)11(21(17,18)19)10(8(6)12)20(14,15)16;;/h2-4,10-11H,1H3,(H,14,15,16)(H,17,18,19);2*1H3. The van der Waals surface area contributed by atoms with E-state index in [1.807, 2.05) is 0 Å². The number of aryl methyl sites for hydroxylation is 1. The smallest absolute Gasteiger partial charge is 0.182 e. The molecule has 0 heterocycles. The van der Waals surface area contributed by atoms with Crippen LogP contribution in [0.25, 0.3) is 0 Å². The minimum Gasteiger partial charge on any atom is -0.747 e. The number of carbonyl (C=O) groups is 2. The van der Waals surface area contributed by atoms with Gasteiger partial charge in [0, 0.05) is 11.1 Å². The second kappa shape index (κ2) is 6.43. The first-order valence-electron chi connectivity index (χ1n) is 5.53. The van der Waals surface area contributed by atoms with Crippen molar-refractivity contribution in [2.75, 3.05) is 0 Å². The number of rotatable bonds is 2. The van der Waals surface area contributed by atoms with Crippen molar-refractivity contribution in [1.82, 2.24) is 12.3 Å². The van der Waals surface area contributed by atoms with E-state index >= 15 is 0 Å². The van der Waals surface area contributed by atoms with Crippen LogP contribution in [-0.4, -0.2) is 48.0 Å². The lowest BCUT2D eigenvalue weighted by atomic mass is 9.88. The van der Waals surface area contributed by atoms with E-state index in [1.165, 1.54) is 12.1 Å². The van der Waals surface area contributed by atoms with Crippen LogP contribution in [0.5, 0.6) is 0 Å². The van der Waals surface area contributed by atoms with Crippen LogP contribution in [0.3, 0.4) is 0 Å². The van der Waals surface area contributed by atoms with Gasteiger partial charge in [0.15, 0.2) is 11.6 Å². The summed E-state index contributed by atoms with van der Waals surface area (Å²) in [6.45, 7) is 1.55. The predicted molar refractivity (Wildman–Crippen MR) is 78.8 cm³/mol. The second-order valence-electron chi connectivity index (χ2n) is 4.60. The maximum Gasteiger partial charge on any atom is 0.182 e. The quantitative estimate of drug-likeness (QED) is 0.671. The number of hydrogen-bond acceptors (Lipinski definition) is 8. The molecule has 1 aliphatic rings. The lowest BCUT2D eigenvalue weighted by molar-refractivity contribution is 0.0890. The Kier molecular flexibility index (Phi) is 5.95.